The molecule has 0 amide bonds. The van der Waals surface area contributed by atoms with E-state index in [1.807, 2.05) is 11.5 Å². The molecule has 2 aromatic heterocycles. The van der Waals surface area contributed by atoms with Crippen LogP contribution in [0.2, 0.25) is 0 Å². The van der Waals surface area contributed by atoms with Gasteiger partial charge in [-0.1, -0.05) is 0 Å². The summed E-state index contributed by atoms with van der Waals surface area (Å²) in [6.45, 7) is 2.51. The Balaban J connectivity index is 2.46. The fourth-order valence-electron chi connectivity index (χ4n) is 2.62. The van der Waals surface area contributed by atoms with Gasteiger partial charge in [-0.15, -0.1) is 0 Å². The number of rotatable bonds is 6. The molecule has 1 N–H and O–H groups in total. The topological polar surface area (TPSA) is 99.1 Å². The summed E-state index contributed by atoms with van der Waals surface area (Å²) < 4.78 is 4.32. The molecule has 22 heavy (non-hydrogen) atoms. The first kappa shape index (κ1) is 16.0. The smallest absolute Gasteiger partial charge is 0.332 e. The summed E-state index contributed by atoms with van der Waals surface area (Å²) in [7, 11) is 3.05. The van der Waals surface area contributed by atoms with Gasteiger partial charge in [-0.25, -0.2) is 9.78 Å². The molecule has 120 valence electrons. The van der Waals surface area contributed by atoms with Crippen LogP contribution in [0.1, 0.15) is 32.0 Å². The van der Waals surface area contributed by atoms with Crippen LogP contribution in [0.15, 0.2) is 9.59 Å². The van der Waals surface area contributed by atoms with Gasteiger partial charge in [-0.05, 0) is 19.8 Å². The van der Waals surface area contributed by atoms with Crippen LogP contribution in [-0.2, 0) is 31.9 Å². The van der Waals surface area contributed by atoms with Gasteiger partial charge in [0.15, 0.2) is 5.52 Å². The number of carboxylic acid groups (broad SMARTS) is 1. The Morgan fingerprint density at radius 1 is 1.18 bits per heavy atom. The number of carbonyl (C=O) groups is 1. The predicted octanol–water partition coefficient (Wildman–Crippen LogP) is 0.251. The van der Waals surface area contributed by atoms with Crippen molar-refractivity contribution in [1.82, 2.24) is 18.7 Å². The van der Waals surface area contributed by atoms with Crippen LogP contribution in [0.25, 0.3) is 11.2 Å². The summed E-state index contributed by atoms with van der Waals surface area (Å²) >= 11 is 0. The molecule has 2 heterocycles. The zero-order valence-corrected chi connectivity index (χ0v) is 13.0. The average Bonchev–Trinajstić information content (AvgIpc) is 2.85. The van der Waals surface area contributed by atoms with Crippen LogP contribution in [0.5, 0.6) is 0 Å². The third-order valence-electron chi connectivity index (χ3n) is 3.78. The molecule has 0 unspecified atom stereocenters. The lowest BCUT2D eigenvalue weighted by atomic mass is 10.2. The number of fused-ring (bicyclic) bond motifs is 1. The van der Waals surface area contributed by atoms with Gasteiger partial charge in [0.1, 0.15) is 11.5 Å². The van der Waals surface area contributed by atoms with Crippen LogP contribution < -0.4 is 11.2 Å². The van der Waals surface area contributed by atoms with Crippen LogP contribution in [0, 0.1) is 0 Å². The van der Waals surface area contributed by atoms with Crippen molar-refractivity contribution in [2.45, 2.75) is 39.2 Å². The molecule has 0 radical (unpaired) electrons. The highest BCUT2D eigenvalue weighted by atomic mass is 16.4. The third kappa shape index (κ3) is 2.68. The van der Waals surface area contributed by atoms with Crippen molar-refractivity contribution in [3.63, 3.8) is 0 Å². The van der Waals surface area contributed by atoms with Gasteiger partial charge in [0.2, 0.25) is 0 Å². The summed E-state index contributed by atoms with van der Waals surface area (Å²) in [6.07, 6.45) is 1.92. The zero-order valence-electron chi connectivity index (χ0n) is 13.0. The van der Waals surface area contributed by atoms with Crippen LogP contribution >= 0.6 is 0 Å². The highest BCUT2D eigenvalue weighted by Gasteiger charge is 2.17. The van der Waals surface area contributed by atoms with E-state index in [0.717, 1.165) is 4.57 Å². The summed E-state index contributed by atoms with van der Waals surface area (Å²) in [6, 6.07) is 0. The first-order valence-electron chi connectivity index (χ1n) is 7.25. The van der Waals surface area contributed by atoms with Crippen molar-refractivity contribution in [2.75, 3.05) is 0 Å². The molecule has 8 nitrogen and oxygen atoms in total. The molecule has 0 fully saturated rings. The molecule has 0 aromatic carbocycles. The number of unbranched alkanes of at least 4 members (excludes halogenated alkanes) is 1. The average molecular weight is 308 g/mol. The maximum Gasteiger partial charge on any atom is 0.332 e. The third-order valence-corrected chi connectivity index (χ3v) is 3.78. The second kappa shape index (κ2) is 6.17. The minimum atomic E-state index is -0.819. The Labute approximate surface area is 126 Å². The monoisotopic (exact) mass is 308 g/mol. The van der Waals surface area contributed by atoms with E-state index in [9.17, 15) is 14.4 Å². The first-order chi connectivity index (χ1) is 10.4. The second-order valence-corrected chi connectivity index (χ2v) is 5.25. The normalized spacial score (nSPS) is 11.2. The largest absolute Gasteiger partial charge is 0.481 e. The van der Waals surface area contributed by atoms with Crippen molar-refractivity contribution < 1.29 is 9.90 Å². The first-order valence-corrected chi connectivity index (χ1v) is 7.25. The molecule has 2 aromatic rings. The quantitative estimate of drug-likeness (QED) is 0.771. The standard InChI is InChI=1S/C14H20N4O4/c1-4-18-9(7-5-6-8-10(19)20)15-11-12(18)16(2)14(22)17(3)13(11)21/h4-8H2,1-3H3,(H,19,20). The zero-order chi connectivity index (χ0) is 16.4. The number of carboxylic acids is 1. The summed E-state index contributed by atoms with van der Waals surface area (Å²) in [5.41, 5.74) is 0.00475. The Morgan fingerprint density at radius 2 is 1.86 bits per heavy atom. The van der Waals surface area contributed by atoms with E-state index in [1.165, 1.54) is 11.6 Å². The van der Waals surface area contributed by atoms with Crippen LogP contribution in [-0.4, -0.2) is 29.8 Å². The Kier molecular flexibility index (Phi) is 4.48. The molecule has 8 heteroatoms. The molecule has 0 atom stereocenters. The molecule has 0 aliphatic carbocycles. The van der Waals surface area contributed by atoms with Gasteiger partial charge in [-0.3, -0.25) is 18.7 Å². The maximum absolute atomic E-state index is 12.2. The molecule has 2 rings (SSSR count). The van der Waals surface area contributed by atoms with E-state index >= 15 is 0 Å². The Morgan fingerprint density at radius 3 is 2.45 bits per heavy atom. The van der Waals surface area contributed by atoms with Gasteiger partial charge in [0, 0.05) is 33.5 Å². The molecule has 0 saturated heterocycles. The molecule has 0 spiro atoms. The lowest BCUT2D eigenvalue weighted by molar-refractivity contribution is -0.137. The van der Waals surface area contributed by atoms with E-state index in [1.54, 1.807) is 7.05 Å². The molecular formula is C14H20N4O4. The van der Waals surface area contributed by atoms with Gasteiger partial charge in [0.25, 0.3) is 5.56 Å². The number of hydrogen-bond acceptors (Lipinski definition) is 4. The summed E-state index contributed by atoms with van der Waals surface area (Å²) in [5, 5.41) is 8.66. The Hall–Kier alpha value is -2.38. The molecule has 0 saturated carbocycles. The maximum atomic E-state index is 12.2. The minimum Gasteiger partial charge on any atom is -0.481 e. The molecule has 0 aliphatic heterocycles. The minimum absolute atomic E-state index is 0.118. The van der Waals surface area contributed by atoms with Gasteiger partial charge in [0.05, 0.1) is 0 Å². The number of hydrogen-bond donors (Lipinski definition) is 1. The van der Waals surface area contributed by atoms with Gasteiger partial charge < -0.3 is 9.67 Å². The van der Waals surface area contributed by atoms with Gasteiger partial charge in [-0.2, -0.15) is 0 Å². The van der Waals surface area contributed by atoms with Crippen molar-refractivity contribution in [1.29, 1.82) is 0 Å². The van der Waals surface area contributed by atoms with Crippen molar-refractivity contribution in [2.24, 2.45) is 14.1 Å². The molecule has 0 bridgehead atoms. The number of imidazole rings is 1. The summed E-state index contributed by atoms with van der Waals surface area (Å²) in [4.78, 5) is 39.2. The predicted molar refractivity (Wildman–Crippen MR) is 81.1 cm³/mol. The lowest BCUT2D eigenvalue weighted by Gasteiger charge is -2.08. The summed E-state index contributed by atoms with van der Waals surface area (Å²) in [5.74, 6) is -0.110. The van der Waals surface area contributed by atoms with E-state index in [4.69, 9.17) is 5.11 Å². The fourth-order valence-corrected chi connectivity index (χ4v) is 2.62. The number of aryl methyl sites for hydroxylation is 3. The lowest BCUT2D eigenvalue weighted by Crippen LogP contribution is -2.37. The van der Waals surface area contributed by atoms with Crippen molar-refractivity contribution in [3.8, 4) is 0 Å². The van der Waals surface area contributed by atoms with Crippen molar-refractivity contribution >= 4 is 17.1 Å². The van der Waals surface area contributed by atoms with Crippen LogP contribution in [0.3, 0.4) is 0 Å². The number of aromatic nitrogens is 4. The van der Waals surface area contributed by atoms with E-state index < -0.39 is 11.5 Å². The Bertz CT molecular complexity index is 828. The SMILES string of the molecule is CCn1c(CCCCC(=O)O)nc2c(=O)n(C)c(=O)n(C)c21. The molecule has 0 aliphatic rings. The highest BCUT2D eigenvalue weighted by Crippen LogP contribution is 2.14. The highest BCUT2D eigenvalue weighted by molar-refractivity contribution is 5.71. The van der Waals surface area contributed by atoms with E-state index in [0.29, 0.717) is 37.3 Å². The number of aliphatic carboxylic acids is 1. The fraction of sp³-hybridized carbons (Fsp3) is 0.571. The second-order valence-electron chi connectivity index (χ2n) is 5.25. The number of nitrogens with zero attached hydrogens (tertiary/aromatic N) is 4. The van der Waals surface area contributed by atoms with Crippen LogP contribution in [0.4, 0.5) is 0 Å². The van der Waals surface area contributed by atoms with E-state index in [2.05, 4.69) is 4.98 Å². The van der Waals surface area contributed by atoms with Gasteiger partial charge >= 0.3 is 11.7 Å². The van der Waals surface area contributed by atoms with Crippen molar-refractivity contribution in [3.05, 3.63) is 26.7 Å². The molecular weight excluding hydrogens is 288 g/mol. The van der Waals surface area contributed by atoms with E-state index in [-0.39, 0.29) is 17.6 Å².